The Morgan fingerprint density at radius 3 is 3.22 bits per heavy atom. The van der Waals surface area contributed by atoms with Gasteiger partial charge in [0.2, 0.25) is 0 Å². The minimum atomic E-state index is -0.466. The lowest BCUT2D eigenvalue weighted by Gasteiger charge is -2.32. The number of hydrogen-bond acceptors (Lipinski definition) is 6. The van der Waals surface area contributed by atoms with Crippen LogP contribution in [0.2, 0.25) is 0 Å². The summed E-state index contributed by atoms with van der Waals surface area (Å²) in [6, 6.07) is 0. The van der Waals surface area contributed by atoms with Crippen molar-refractivity contribution in [2.24, 2.45) is 5.73 Å². The first kappa shape index (κ1) is 12.7. The smallest absolute Gasteiger partial charge is 0.250 e. The highest BCUT2D eigenvalue weighted by Gasteiger charge is 2.26. The number of morpholine rings is 1. The van der Waals surface area contributed by atoms with Crippen LogP contribution in [0.4, 0.5) is 5.82 Å². The summed E-state index contributed by atoms with van der Waals surface area (Å²) in [5.74, 6) is 0.609. The Morgan fingerprint density at radius 2 is 2.50 bits per heavy atom. The molecule has 1 atom stereocenters. The minimum Gasteiger partial charge on any atom is -0.365 e. The third-order valence-electron chi connectivity index (χ3n) is 2.81. The van der Waals surface area contributed by atoms with Crippen LogP contribution in [-0.4, -0.2) is 48.7 Å². The van der Waals surface area contributed by atoms with Gasteiger partial charge in [-0.3, -0.25) is 9.78 Å². The van der Waals surface area contributed by atoms with Gasteiger partial charge >= 0.3 is 0 Å². The summed E-state index contributed by atoms with van der Waals surface area (Å²) < 4.78 is 5.41. The van der Waals surface area contributed by atoms with Crippen molar-refractivity contribution in [2.45, 2.75) is 12.6 Å². The molecule has 0 aliphatic carbocycles. The second-order valence-corrected chi connectivity index (χ2v) is 3.99. The van der Waals surface area contributed by atoms with Crippen molar-refractivity contribution in [3.8, 4) is 0 Å². The lowest BCUT2D eigenvalue weighted by Crippen LogP contribution is -2.49. The summed E-state index contributed by atoms with van der Waals surface area (Å²) in [4.78, 5) is 22.0. The van der Waals surface area contributed by atoms with Crippen LogP contribution in [0.1, 0.15) is 5.69 Å². The summed E-state index contributed by atoms with van der Waals surface area (Å²) in [5, 5.41) is 2.58. The van der Waals surface area contributed by atoms with Crippen molar-refractivity contribution in [1.29, 1.82) is 0 Å². The topological polar surface area (TPSA) is 93.4 Å². The zero-order valence-electron chi connectivity index (χ0n) is 10.3. The predicted molar refractivity (Wildman–Crippen MR) is 65.9 cm³/mol. The summed E-state index contributed by atoms with van der Waals surface area (Å²) >= 11 is 0. The Morgan fingerprint density at radius 1 is 1.67 bits per heavy atom. The maximum atomic E-state index is 11.5. The number of nitrogens with two attached hydrogens (primary N) is 1. The molecule has 1 amide bonds. The van der Waals surface area contributed by atoms with Crippen molar-refractivity contribution in [1.82, 2.24) is 15.3 Å². The molecule has 0 aromatic carbocycles. The molecular weight excluding hydrogens is 234 g/mol. The fourth-order valence-corrected chi connectivity index (χ4v) is 1.82. The lowest BCUT2D eigenvalue weighted by molar-refractivity contribution is -0.132. The number of amides is 1. The van der Waals surface area contributed by atoms with Crippen LogP contribution in [0.3, 0.4) is 0 Å². The SMILES string of the molecule is CNC(=O)[C@H]1CN(c2cncc(CN)n2)CCO1. The standard InChI is InChI=1S/C11H17N5O2/c1-13-11(17)9-7-16(2-3-18-9)10-6-14-5-8(4-12)15-10/h5-6,9H,2-4,7,12H2,1H3,(H,13,17)/t9-/m1/s1. The van der Waals surface area contributed by atoms with Gasteiger partial charge in [-0.25, -0.2) is 4.98 Å². The van der Waals surface area contributed by atoms with Crippen molar-refractivity contribution in [3.63, 3.8) is 0 Å². The molecule has 2 heterocycles. The second kappa shape index (κ2) is 5.74. The van der Waals surface area contributed by atoms with Gasteiger partial charge in [0.25, 0.3) is 5.91 Å². The van der Waals surface area contributed by atoms with Gasteiger partial charge in [-0.05, 0) is 0 Å². The van der Waals surface area contributed by atoms with Crippen LogP contribution in [-0.2, 0) is 16.1 Å². The molecule has 98 valence electrons. The highest BCUT2D eigenvalue weighted by molar-refractivity contribution is 5.81. The van der Waals surface area contributed by atoms with Gasteiger partial charge in [0.05, 0.1) is 25.0 Å². The van der Waals surface area contributed by atoms with E-state index in [9.17, 15) is 4.79 Å². The van der Waals surface area contributed by atoms with E-state index >= 15 is 0 Å². The van der Waals surface area contributed by atoms with E-state index < -0.39 is 6.10 Å². The minimum absolute atomic E-state index is 0.123. The average molecular weight is 251 g/mol. The number of carbonyl (C=O) groups excluding carboxylic acids is 1. The molecule has 18 heavy (non-hydrogen) atoms. The number of anilines is 1. The van der Waals surface area contributed by atoms with E-state index in [2.05, 4.69) is 15.3 Å². The van der Waals surface area contributed by atoms with Gasteiger partial charge in [-0.1, -0.05) is 0 Å². The van der Waals surface area contributed by atoms with Crippen LogP contribution in [0.25, 0.3) is 0 Å². The quantitative estimate of drug-likeness (QED) is 0.707. The normalized spacial score (nSPS) is 19.7. The van der Waals surface area contributed by atoms with Gasteiger partial charge in [-0.2, -0.15) is 0 Å². The molecule has 0 spiro atoms. The number of likely N-dealkylation sites (N-methyl/N-ethyl adjacent to an activating group) is 1. The van der Waals surface area contributed by atoms with Crippen LogP contribution < -0.4 is 16.0 Å². The number of hydrogen-bond donors (Lipinski definition) is 2. The molecule has 1 aliphatic rings. The molecule has 0 bridgehead atoms. The van der Waals surface area contributed by atoms with Crippen LogP contribution >= 0.6 is 0 Å². The summed E-state index contributed by atoms with van der Waals surface area (Å²) in [7, 11) is 1.60. The van der Waals surface area contributed by atoms with Crippen LogP contribution in [0.5, 0.6) is 0 Å². The van der Waals surface area contributed by atoms with E-state index in [1.807, 2.05) is 4.90 Å². The highest BCUT2D eigenvalue weighted by Crippen LogP contribution is 2.14. The van der Waals surface area contributed by atoms with Gasteiger partial charge in [-0.15, -0.1) is 0 Å². The van der Waals surface area contributed by atoms with Crippen LogP contribution in [0, 0.1) is 0 Å². The van der Waals surface area contributed by atoms with Gasteiger partial charge < -0.3 is 20.7 Å². The van der Waals surface area contributed by atoms with Crippen molar-refractivity contribution in [2.75, 3.05) is 31.6 Å². The first-order valence-corrected chi connectivity index (χ1v) is 5.83. The van der Waals surface area contributed by atoms with E-state index in [0.29, 0.717) is 26.2 Å². The lowest BCUT2D eigenvalue weighted by atomic mass is 10.2. The van der Waals surface area contributed by atoms with Crippen LogP contribution in [0.15, 0.2) is 12.4 Å². The van der Waals surface area contributed by atoms with Gasteiger partial charge in [0, 0.05) is 26.3 Å². The summed E-state index contributed by atoms with van der Waals surface area (Å²) in [6.07, 6.45) is 2.85. The van der Waals surface area contributed by atoms with E-state index in [-0.39, 0.29) is 5.91 Å². The van der Waals surface area contributed by atoms with Crippen molar-refractivity contribution >= 4 is 11.7 Å². The number of nitrogens with one attached hydrogen (secondary N) is 1. The Hall–Kier alpha value is -1.73. The summed E-state index contributed by atoms with van der Waals surface area (Å²) in [5.41, 5.74) is 6.27. The monoisotopic (exact) mass is 251 g/mol. The second-order valence-electron chi connectivity index (χ2n) is 3.99. The Bertz CT molecular complexity index is 426. The fraction of sp³-hybridized carbons (Fsp3) is 0.545. The number of aromatic nitrogens is 2. The molecule has 0 unspecified atom stereocenters. The number of ether oxygens (including phenoxy) is 1. The number of carbonyl (C=O) groups is 1. The third-order valence-corrected chi connectivity index (χ3v) is 2.81. The third kappa shape index (κ3) is 2.74. The van der Waals surface area contributed by atoms with E-state index in [1.54, 1.807) is 19.4 Å². The van der Waals surface area contributed by atoms with Crippen molar-refractivity contribution in [3.05, 3.63) is 18.1 Å². The molecule has 1 aromatic rings. The van der Waals surface area contributed by atoms with E-state index in [1.165, 1.54) is 0 Å². The molecule has 1 saturated heterocycles. The molecule has 2 rings (SSSR count). The molecule has 0 radical (unpaired) electrons. The molecule has 1 fully saturated rings. The highest BCUT2D eigenvalue weighted by atomic mass is 16.5. The predicted octanol–water partition coefficient (Wildman–Crippen LogP) is -1.11. The molecule has 3 N–H and O–H groups in total. The van der Waals surface area contributed by atoms with Gasteiger partial charge in [0.15, 0.2) is 6.10 Å². The molecular formula is C11H17N5O2. The Kier molecular flexibility index (Phi) is 4.06. The Balaban J connectivity index is 2.10. The first-order valence-electron chi connectivity index (χ1n) is 5.83. The first-order chi connectivity index (χ1) is 8.74. The fourth-order valence-electron chi connectivity index (χ4n) is 1.82. The zero-order chi connectivity index (χ0) is 13.0. The molecule has 1 aromatic heterocycles. The largest absolute Gasteiger partial charge is 0.365 e. The molecule has 7 heteroatoms. The average Bonchev–Trinajstić information content (AvgIpc) is 2.46. The summed E-state index contributed by atoms with van der Waals surface area (Å²) in [6.45, 7) is 2.01. The Labute approximate surface area is 105 Å². The zero-order valence-corrected chi connectivity index (χ0v) is 10.3. The number of rotatable bonds is 3. The number of nitrogens with zero attached hydrogens (tertiary/aromatic N) is 3. The molecule has 0 saturated carbocycles. The van der Waals surface area contributed by atoms with E-state index in [4.69, 9.17) is 10.5 Å². The van der Waals surface area contributed by atoms with E-state index in [0.717, 1.165) is 11.5 Å². The maximum absolute atomic E-state index is 11.5. The maximum Gasteiger partial charge on any atom is 0.250 e. The van der Waals surface area contributed by atoms with Gasteiger partial charge in [0.1, 0.15) is 5.82 Å². The molecule has 1 aliphatic heterocycles. The van der Waals surface area contributed by atoms with Crippen molar-refractivity contribution < 1.29 is 9.53 Å². The molecule has 7 nitrogen and oxygen atoms in total.